The van der Waals surface area contributed by atoms with Crippen molar-refractivity contribution in [2.75, 3.05) is 12.0 Å². The fraction of sp³-hybridized carbons (Fsp3) is 0.438. The number of ether oxygens (including phenoxy) is 1. The number of amides is 1. The molecular formula is C16H20N2O3S. The van der Waals surface area contributed by atoms with E-state index in [9.17, 15) is 9.59 Å². The topological polar surface area (TPSA) is 79.2 Å². The summed E-state index contributed by atoms with van der Waals surface area (Å²) in [7, 11) is 0. The number of carbonyl (C=O) groups is 2. The highest BCUT2D eigenvalue weighted by molar-refractivity contribution is 7.98. The zero-order valence-electron chi connectivity index (χ0n) is 13.0. The summed E-state index contributed by atoms with van der Waals surface area (Å²) in [6, 6.07) is 8.21. The number of hydrogen-bond donors (Lipinski definition) is 1. The third-order valence-electron chi connectivity index (χ3n) is 2.96. The quantitative estimate of drug-likeness (QED) is 0.780. The highest BCUT2D eigenvalue weighted by atomic mass is 32.2. The van der Waals surface area contributed by atoms with Crippen molar-refractivity contribution >= 4 is 23.6 Å². The molecule has 1 rings (SSSR count). The molecule has 2 atom stereocenters. The lowest BCUT2D eigenvalue weighted by molar-refractivity contribution is -0.148. The Morgan fingerprint density at radius 3 is 2.77 bits per heavy atom. The maximum absolute atomic E-state index is 12.2. The second-order valence-electron chi connectivity index (χ2n) is 4.89. The van der Waals surface area contributed by atoms with E-state index in [4.69, 9.17) is 10.00 Å². The van der Waals surface area contributed by atoms with E-state index >= 15 is 0 Å². The molecule has 0 unspecified atom stereocenters. The van der Waals surface area contributed by atoms with Crippen LogP contribution in [0.3, 0.4) is 0 Å². The van der Waals surface area contributed by atoms with Crippen LogP contribution < -0.4 is 5.32 Å². The summed E-state index contributed by atoms with van der Waals surface area (Å²) in [4.78, 5) is 24.3. The van der Waals surface area contributed by atoms with E-state index in [1.165, 1.54) is 6.92 Å². The van der Waals surface area contributed by atoms with Gasteiger partial charge in [-0.15, -0.1) is 0 Å². The molecule has 1 aromatic carbocycles. The van der Waals surface area contributed by atoms with Crippen LogP contribution in [-0.2, 0) is 9.53 Å². The highest BCUT2D eigenvalue weighted by Gasteiger charge is 2.24. The first-order valence-corrected chi connectivity index (χ1v) is 8.34. The van der Waals surface area contributed by atoms with Crippen LogP contribution in [0.1, 0.15) is 29.3 Å². The van der Waals surface area contributed by atoms with Gasteiger partial charge in [0.2, 0.25) is 0 Å². The first-order chi connectivity index (χ1) is 10.5. The molecule has 0 heterocycles. The Morgan fingerprint density at radius 2 is 2.18 bits per heavy atom. The first-order valence-electron chi connectivity index (χ1n) is 6.94. The fourth-order valence-corrected chi connectivity index (χ4v) is 2.27. The van der Waals surface area contributed by atoms with Crippen LogP contribution in [0.4, 0.5) is 0 Å². The lowest BCUT2D eigenvalue weighted by Gasteiger charge is -2.18. The minimum atomic E-state index is -0.833. The molecule has 1 N–H and O–H groups in total. The van der Waals surface area contributed by atoms with Crippen molar-refractivity contribution in [3.8, 4) is 6.07 Å². The number of nitrogens with one attached hydrogen (secondary N) is 1. The first kappa shape index (κ1) is 18.1. The molecule has 0 aliphatic heterocycles. The van der Waals surface area contributed by atoms with Gasteiger partial charge in [-0.25, -0.2) is 4.79 Å². The molecule has 0 spiro atoms. The Labute approximate surface area is 135 Å². The molecule has 1 aromatic rings. The van der Waals surface area contributed by atoms with Crippen LogP contribution in [0.2, 0.25) is 0 Å². The van der Waals surface area contributed by atoms with Gasteiger partial charge in [-0.05, 0) is 44.4 Å². The Hall–Kier alpha value is -2.00. The van der Waals surface area contributed by atoms with Gasteiger partial charge in [-0.3, -0.25) is 4.79 Å². The number of esters is 1. The van der Waals surface area contributed by atoms with E-state index in [-0.39, 0.29) is 5.91 Å². The Kier molecular flexibility index (Phi) is 7.47. The minimum Gasteiger partial charge on any atom is -0.446 e. The fourth-order valence-electron chi connectivity index (χ4n) is 1.80. The van der Waals surface area contributed by atoms with Gasteiger partial charge in [-0.1, -0.05) is 17.7 Å². The number of benzene rings is 1. The molecular weight excluding hydrogens is 300 g/mol. The van der Waals surface area contributed by atoms with Crippen LogP contribution in [0.5, 0.6) is 0 Å². The van der Waals surface area contributed by atoms with Crippen molar-refractivity contribution in [2.45, 2.75) is 32.4 Å². The number of aryl methyl sites for hydroxylation is 1. The summed E-state index contributed by atoms with van der Waals surface area (Å²) >= 11 is 1.57. The van der Waals surface area contributed by atoms with Gasteiger partial charge in [0.05, 0.1) is 0 Å². The number of rotatable bonds is 7. The average Bonchev–Trinajstić information content (AvgIpc) is 2.50. The molecule has 0 aliphatic carbocycles. The predicted octanol–water partition coefficient (Wildman–Crippen LogP) is 2.30. The average molecular weight is 320 g/mol. The van der Waals surface area contributed by atoms with Crippen molar-refractivity contribution in [2.24, 2.45) is 0 Å². The van der Waals surface area contributed by atoms with Gasteiger partial charge in [-0.2, -0.15) is 17.0 Å². The Bertz CT molecular complexity index is 569. The molecule has 0 aromatic heterocycles. The van der Waals surface area contributed by atoms with E-state index in [0.717, 1.165) is 5.56 Å². The van der Waals surface area contributed by atoms with Gasteiger partial charge in [0.15, 0.2) is 6.10 Å². The van der Waals surface area contributed by atoms with Crippen LogP contribution in [0.15, 0.2) is 24.3 Å². The van der Waals surface area contributed by atoms with E-state index in [1.807, 2.05) is 25.3 Å². The SMILES string of the molecule is CSCC[C@@H](NC(=O)c1cccc(C)c1)C(=O)O[C@H](C)C#N. The Morgan fingerprint density at radius 1 is 1.45 bits per heavy atom. The maximum Gasteiger partial charge on any atom is 0.329 e. The van der Waals surface area contributed by atoms with E-state index in [0.29, 0.717) is 17.7 Å². The van der Waals surface area contributed by atoms with Gasteiger partial charge in [0.1, 0.15) is 12.1 Å². The second-order valence-corrected chi connectivity index (χ2v) is 5.87. The highest BCUT2D eigenvalue weighted by Crippen LogP contribution is 2.08. The zero-order valence-corrected chi connectivity index (χ0v) is 13.8. The lowest BCUT2D eigenvalue weighted by atomic mass is 10.1. The third-order valence-corrected chi connectivity index (χ3v) is 3.60. The third kappa shape index (κ3) is 5.78. The molecule has 0 radical (unpaired) electrons. The summed E-state index contributed by atoms with van der Waals surface area (Å²) in [6.45, 7) is 3.39. The molecule has 1 amide bonds. The number of carbonyl (C=O) groups excluding carboxylic acids is 2. The van der Waals surface area contributed by atoms with E-state index in [1.54, 1.807) is 30.0 Å². The molecule has 118 valence electrons. The van der Waals surface area contributed by atoms with E-state index < -0.39 is 18.1 Å². The van der Waals surface area contributed by atoms with Gasteiger partial charge >= 0.3 is 5.97 Å². The normalized spacial score (nSPS) is 12.8. The molecule has 0 saturated heterocycles. The number of nitrogens with zero attached hydrogens (tertiary/aromatic N) is 1. The minimum absolute atomic E-state index is 0.323. The Balaban J connectivity index is 2.77. The summed E-state index contributed by atoms with van der Waals surface area (Å²) in [5.41, 5.74) is 1.46. The van der Waals surface area contributed by atoms with Crippen molar-refractivity contribution < 1.29 is 14.3 Å². The second kappa shape index (κ2) is 9.11. The predicted molar refractivity (Wildman–Crippen MR) is 86.6 cm³/mol. The van der Waals surface area contributed by atoms with Crippen molar-refractivity contribution in [1.29, 1.82) is 5.26 Å². The molecule has 22 heavy (non-hydrogen) atoms. The largest absolute Gasteiger partial charge is 0.446 e. The molecule has 0 aliphatic rings. The molecule has 6 heteroatoms. The summed E-state index contributed by atoms with van der Waals surface area (Å²) in [6.07, 6.45) is 1.54. The van der Waals surface area contributed by atoms with Gasteiger partial charge < -0.3 is 10.1 Å². The lowest BCUT2D eigenvalue weighted by Crippen LogP contribution is -2.43. The van der Waals surface area contributed by atoms with Crippen molar-refractivity contribution in [1.82, 2.24) is 5.32 Å². The van der Waals surface area contributed by atoms with Gasteiger partial charge in [0, 0.05) is 5.56 Å². The number of hydrogen-bond acceptors (Lipinski definition) is 5. The van der Waals surface area contributed by atoms with E-state index in [2.05, 4.69) is 5.32 Å². The van der Waals surface area contributed by atoms with Crippen LogP contribution >= 0.6 is 11.8 Å². The molecule has 0 saturated carbocycles. The number of thioether (sulfide) groups is 1. The summed E-state index contributed by atoms with van der Waals surface area (Å²) in [5.74, 6) is -0.199. The smallest absolute Gasteiger partial charge is 0.329 e. The number of nitriles is 1. The summed E-state index contributed by atoms with van der Waals surface area (Å²) in [5, 5.41) is 11.4. The molecule has 0 fully saturated rings. The zero-order chi connectivity index (χ0) is 16.5. The van der Waals surface area contributed by atoms with Crippen molar-refractivity contribution in [3.05, 3.63) is 35.4 Å². The molecule has 0 bridgehead atoms. The van der Waals surface area contributed by atoms with Gasteiger partial charge in [0.25, 0.3) is 5.91 Å². The molecule has 5 nitrogen and oxygen atoms in total. The maximum atomic E-state index is 12.2. The van der Waals surface area contributed by atoms with Crippen LogP contribution in [0.25, 0.3) is 0 Å². The van der Waals surface area contributed by atoms with Crippen molar-refractivity contribution in [3.63, 3.8) is 0 Å². The van der Waals surface area contributed by atoms with Crippen LogP contribution in [-0.4, -0.2) is 36.0 Å². The standard InChI is InChI=1S/C16H20N2O3S/c1-11-5-4-6-13(9-11)15(19)18-14(7-8-22-3)16(20)21-12(2)10-17/h4-6,9,12,14H,7-8H2,1-3H3,(H,18,19)/t12-,14-/m1/s1. The van der Waals surface area contributed by atoms with Crippen LogP contribution in [0, 0.1) is 18.3 Å². The monoisotopic (exact) mass is 320 g/mol. The summed E-state index contributed by atoms with van der Waals surface area (Å²) < 4.78 is 5.00.